The standard InChI is InChI=1S/C8H8N2O5S/c1-16(14,15)8(9-11)6-3-2-4-7(5-6)10(12)13/h2-5,8H,1H3/t8-/m0/s1. The van der Waals surface area contributed by atoms with Crippen molar-refractivity contribution < 1.29 is 13.3 Å². The van der Waals surface area contributed by atoms with Gasteiger partial charge >= 0.3 is 0 Å². The molecule has 0 fully saturated rings. The molecule has 0 aliphatic rings. The van der Waals surface area contributed by atoms with Crippen LogP contribution in [0.2, 0.25) is 0 Å². The maximum atomic E-state index is 11.2. The lowest BCUT2D eigenvalue weighted by atomic mass is 10.2. The number of nitrogens with zero attached hydrogens (tertiary/aromatic N) is 2. The Morgan fingerprint density at radius 2 is 2.06 bits per heavy atom. The molecule has 8 heteroatoms. The zero-order valence-corrected chi connectivity index (χ0v) is 9.05. The first-order valence-electron chi connectivity index (χ1n) is 4.12. The highest BCUT2D eigenvalue weighted by molar-refractivity contribution is 7.90. The summed E-state index contributed by atoms with van der Waals surface area (Å²) >= 11 is 0. The van der Waals surface area contributed by atoms with Crippen LogP contribution in [0.5, 0.6) is 0 Å². The molecule has 0 N–H and O–H groups in total. The highest BCUT2D eigenvalue weighted by Crippen LogP contribution is 2.25. The Kier molecular flexibility index (Phi) is 3.33. The Labute approximate surface area is 91.1 Å². The molecule has 0 unspecified atom stereocenters. The maximum Gasteiger partial charge on any atom is 0.269 e. The number of hydrogen-bond acceptors (Lipinski definition) is 6. The summed E-state index contributed by atoms with van der Waals surface area (Å²) < 4.78 is 22.4. The van der Waals surface area contributed by atoms with Crippen LogP contribution in [0.15, 0.2) is 29.4 Å². The lowest BCUT2D eigenvalue weighted by molar-refractivity contribution is -0.384. The molecule has 0 aliphatic carbocycles. The van der Waals surface area contributed by atoms with Gasteiger partial charge in [-0.3, -0.25) is 10.1 Å². The molecule has 0 heterocycles. The van der Waals surface area contributed by atoms with Crippen LogP contribution >= 0.6 is 0 Å². The molecule has 1 aromatic carbocycles. The summed E-state index contributed by atoms with van der Waals surface area (Å²) in [7, 11) is -3.71. The average molecular weight is 244 g/mol. The highest BCUT2D eigenvalue weighted by Gasteiger charge is 2.25. The fraction of sp³-hybridized carbons (Fsp3) is 0.250. The second-order valence-corrected chi connectivity index (χ2v) is 5.24. The minimum absolute atomic E-state index is 0.00769. The first-order chi connectivity index (χ1) is 7.36. The zero-order chi connectivity index (χ0) is 12.3. The largest absolute Gasteiger partial charge is 0.269 e. The van der Waals surface area contributed by atoms with E-state index in [1.165, 1.54) is 18.2 Å². The fourth-order valence-corrected chi connectivity index (χ4v) is 1.98. The van der Waals surface area contributed by atoms with E-state index in [1.54, 1.807) is 0 Å². The summed E-state index contributed by atoms with van der Waals surface area (Å²) in [6.07, 6.45) is 0.845. The van der Waals surface area contributed by atoms with E-state index in [1.807, 2.05) is 0 Å². The van der Waals surface area contributed by atoms with Gasteiger partial charge in [-0.2, -0.15) is 0 Å². The topological polar surface area (TPSA) is 107 Å². The van der Waals surface area contributed by atoms with Gasteiger partial charge in [-0.05, 0) is 5.18 Å². The van der Waals surface area contributed by atoms with Gasteiger partial charge in [0.1, 0.15) is 0 Å². The number of sulfone groups is 1. The van der Waals surface area contributed by atoms with E-state index >= 15 is 0 Å². The van der Waals surface area contributed by atoms with Crippen molar-refractivity contribution >= 4 is 15.5 Å². The van der Waals surface area contributed by atoms with Crippen molar-refractivity contribution in [3.63, 3.8) is 0 Å². The number of benzene rings is 1. The van der Waals surface area contributed by atoms with Gasteiger partial charge in [0.2, 0.25) is 5.37 Å². The molecule has 0 radical (unpaired) electrons. The van der Waals surface area contributed by atoms with Crippen LogP contribution < -0.4 is 0 Å². The molecule has 0 saturated heterocycles. The molecule has 0 amide bonds. The third-order valence-corrected chi connectivity index (χ3v) is 3.04. The van der Waals surface area contributed by atoms with Gasteiger partial charge in [-0.25, -0.2) is 8.42 Å². The van der Waals surface area contributed by atoms with E-state index in [9.17, 15) is 23.4 Å². The van der Waals surface area contributed by atoms with Gasteiger partial charge in [0.25, 0.3) is 5.69 Å². The Balaban J connectivity index is 3.27. The highest BCUT2D eigenvalue weighted by atomic mass is 32.2. The van der Waals surface area contributed by atoms with E-state index in [4.69, 9.17) is 0 Å². The molecule has 7 nitrogen and oxygen atoms in total. The van der Waals surface area contributed by atoms with Gasteiger partial charge in [0.05, 0.1) is 4.92 Å². The van der Waals surface area contributed by atoms with Gasteiger partial charge in [0, 0.05) is 24.0 Å². The normalized spacial score (nSPS) is 13.1. The second kappa shape index (κ2) is 4.35. The quantitative estimate of drug-likeness (QED) is 0.452. The minimum Gasteiger partial charge on any atom is -0.258 e. The molecule has 0 aromatic heterocycles. The van der Waals surface area contributed by atoms with E-state index in [0.717, 1.165) is 12.3 Å². The number of nitro benzene ring substituents is 1. The molecule has 0 bridgehead atoms. The lowest BCUT2D eigenvalue weighted by Gasteiger charge is -2.06. The van der Waals surface area contributed by atoms with E-state index in [2.05, 4.69) is 5.18 Å². The zero-order valence-electron chi connectivity index (χ0n) is 8.23. The molecule has 0 spiro atoms. The smallest absolute Gasteiger partial charge is 0.258 e. The van der Waals surface area contributed by atoms with Crippen molar-refractivity contribution in [2.24, 2.45) is 5.18 Å². The molecular formula is C8H8N2O5S. The summed E-state index contributed by atoms with van der Waals surface area (Å²) in [6, 6.07) is 4.83. The Morgan fingerprint density at radius 1 is 1.44 bits per heavy atom. The second-order valence-electron chi connectivity index (χ2n) is 3.14. The van der Waals surface area contributed by atoms with E-state index in [-0.39, 0.29) is 11.3 Å². The molecule has 1 rings (SSSR count). The Morgan fingerprint density at radius 3 is 2.50 bits per heavy atom. The van der Waals surface area contributed by atoms with E-state index in [0.29, 0.717) is 0 Å². The number of nitro groups is 1. The van der Waals surface area contributed by atoms with Gasteiger partial charge in [-0.15, -0.1) is 4.91 Å². The minimum atomic E-state index is -3.71. The van der Waals surface area contributed by atoms with Crippen LogP contribution in [0.1, 0.15) is 10.9 Å². The van der Waals surface area contributed by atoms with Crippen LogP contribution in [-0.2, 0) is 9.84 Å². The van der Waals surface area contributed by atoms with Crippen LogP contribution in [0.4, 0.5) is 5.69 Å². The molecule has 86 valence electrons. The van der Waals surface area contributed by atoms with Crippen molar-refractivity contribution in [2.75, 3.05) is 6.26 Å². The molecule has 16 heavy (non-hydrogen) atoms. The van der Waals surface area contributed by atoms with Crippen LogP contribution in [0.25, 0.3) is 0 Å². The average Bonchev–Trinajstić information content (AvgIpc) is 2.17. The van der Waals surface area contributed by atoms with Crippen molar-refractivity contribution in [3.8, 4) is 0 Å². The SMILES string of the molecule is CS(=O)(=O)[C@H](N=O)c1cccc([N+](=O)[O-])c1. The summed E-state index contributed by atoms with van der Waals surface area (Å²) in [6.45, 7) is 0. The summed E-state index contributed by atoms with van der Waals surface area (Å²) in [4.78, 5) is 20.2. The molecular weight excluding hydrogens is 236 g/mol. The van der Waals surface area contributed by atoms with Gasteiger partial charge < -0.3 is 0 Å². The summed E-state index contributed by atoms with van der Waals surface area (Å²) in [5.41, 5.74) is -0.290. The number of non-ortho nitro benzene ring substituents is 1. The predicted molar refractivity (Wildman–Crippen MR) is 56.5 cm³/mol. The van der Waals surface area contributed by atoms with Crippen molar-refractivity contribution in [1.82, 2.24) is 0 Å². The van der Waals surface area contributed by atoms with E-state index < -0.39 is 20.1 Å². The predicted octanol–water partition coefficient (Wildman–Crippen LogP) is 1.40. The van der Waals surface area contributed by atoms with Crippen LogP contribution in [-0.4, -0.2) is 19.6 Å². The molecule has 0 saturated carbocycles. The van der Waals surface area contributed by atoms with Gasteiger partial charge in [-0.1, -0.05) is 12.1 Å². The third kappa shape index (κ3) is 2.60. The summed E-state index contributed by atoms with van der Waals surface area (Å²) in [5.74, 6) is 0. The van der Waals surface area contributed by atoms with Crippen LogP contribution in [0, 0.1) is 15.0 Å². The van der Waals surface area contributed by atoms with Crippen molar-refractivity contribution in [1.29, 1.82) is 0 Å². The Bertz CT molecular complexity index is 525. The Hall–Kier alpha value is -1.83. The first-order valence-corrected chi connectivity index (χ1v) is 6.07. The van der Waals surface area contributed by atoms with Crippen molar-refractivity contribution in [3.05, 3.63) is 44.9 Å². The summed E-state index contributed by atoms with van der Waals surface area (Å²) in [5, 5.41) is 11.3. The number of rotatable bonds is 4. The van der Waals surface area contributed by atoms with Gasteiger partial charge in [0.15, 0.2) is 9.84 Å². The molecule has 1 atom stereocenters. The monoisotopic (exact) mass is 244 g/mol. The molecule has 1 aromatic rings. The number of nitroso groups, excluding NO2 is 1. The van der Waals surface area contributed by atoms with Crippen LogP contribution in [0.3, 0.4) is 0 Å². The first kappa shape index (κ1) is 12.2. The molecule has 0 aliphatic heterocycles. The maximum absolute atomic E-state index is 11.2. The van der Waals surface area contributed by atoms with Crippen molar-refractivity contribution in [2.45, 2.75) is 5.37 Å². The third-order valence-electron chi connectivity index (χ3n) is 1.87. The lowest BCUT2D eigenvalue weighted by Crippen LogP contribution is -2.08. The fourth-order valence-electron chi connectivity index (χ4n) is 1.18. The number of hydrogen-bond donors (Lipinski definition) is 0.